The molecule has 1 aliphatic rings. The van der Waals surface area contributed by atoms with Crippen molar-refractivity contribution in [3.8, 4) is 0 Å². The lowest BCUT2D eigenvalue weighted by Crippen LogP contribution is -2.30. The highest BCUT2D eigenvalue weighted by atomic mass is 35.5. The van der Waals surface area contributed by atoms with Crippen LogP contribution in [0.15, 0.2) is 18.2 Å². The first kappa shape index (κ1) is 11.4. The molecule has 0 heterocycles. The van der Waals surface area contributed by atoms with Crippen molar-refractivity contribution in [1.29, 1.82) is 0 Å². The van der Waals surface area contributed by atoms with E-state index in [0.29, 0.717) is 11.1 Å². The molecule has 2 N–H and O–H groups in total. The second-order valence-corrected chi connectivity index (χ2v) is 4.65. The van der Waals surface area contributed by atoms with Crippen molar-refractivity contribution < 1.29 is 9.90 Å². The molecule has 1 saturated carbocycles. The standard InChI is InChI=1S/C12H14ClNO2/c1-7-6-8(13)2-5-10(7)11(12(15)16)14-9-3-4-9/h2,5-6,9,11,14H,3-4H2,1H3,(H,15,16). The number of rotatable bonds is 4. The Balaban J connectivity index is 2.26. The molecule has 86 valence electrons. The van der Waals surface area contributed by atoms with E-state index in [1.54, 1.807) is 18.2 Å². The Hall–Kier alpha value is -1.06. The molecule has 16 heavy (non-hydrogen) atoms. The summed E-state index contributed by atoms with van der Waals surface area (Å²) >= 11 is 5.85. The Labute approximate surface area is 99.4 Å². The molecule has 0 bridgehead atoms. The number of benzene rings is 1. The molecule has 0 aliphatic heterocycles. The minimum atomic E-state index is -0.836. The number of carbonyl (C=O) groups is 1. The monoisotopic (exact) mass is 239 g/mol. The topological polar surface area (TPSA) is 49.3 Å². The minimum absolute atomic E-state index is 0.358. The maximum atomic E-state index is 11.2. The fourth-order valence-corrected chi connectivity index (χ4v) is 1.97. The molecule has 1 aliphatic carbocycles. The van der Waals surface area contributed by atoms with Gasteiger partial charge in [-0.15, -0.1) is 0 Å². The van der Waals surface area contributed by atoms with E-state index in [4.69, 9.17) is 11.6 Å². The zero-order valence-corrected chi connectivity index (χ0v) is 9.79. The predicted molar refractivity (Wildman–Crippen MR) is 62.7 cm³/mol. The van der Waals surface area contributed by atoms with Gasteiger partial charge in [-0.3, -0.25) is 10.1 Å². The van der Waals surface area contributed by atoms with Gasteiger partial charge in [0, 0.05) is 11.1 Å². The van der Waals surface area contributed by atoms with E-state index >= 15 is 0 Å². The summed E-state index contributed by atoms with van der Waals surface area (Å²) < 4.78 is 0. The van der Waals surface area contributed by atoms with Crippen molar-refractivity contribution in [3.63, 3.8) is 0 Å². The van der Waals surface area contributed by atoms with Crippen molar-refractivity contribution in [1.82, 2.24) is 5.32 Å². The average Bonchev–Trinajstić information content (AvgIpc) is 2.98. The molecule has 1 fully saturated rings. The van der Waals surface area contributed by atoms with Crippen molar-refractivity contribution in [2.45, 2.75) is 31.8 Å². The third-order valence-corrected chi connectivity index (χ3v) is 3.00. The first-order chi connectivity index (χ1) is 7.58. The number of halogens is 1. The van der Waals surface area contributed by atoms with E-state index in [9.17, 15) is 9.90 Å². The quantitative estimate of drug-likeness (QED) is 0.849. The van der Waals surface area contributed by atoms with Gasteiger partial charge in [-0.2, -0.15) is 0 Å². The largest absolute Gasteiger partial charge is 0.480 e. The number of aliphatic carboxylic acids is 1. The molecule has 2 rings (SSSR count). The Bertz CT molecular complexity index is 415. The summed E-state index contributed by atoms with van der Waals surface area (Å²) in [5.41, 5.74) is 1.71. The van der Waals surface area contributed by atoms with E-state index in [-0.39, 0.29) is 0 Å². The number of carboxylic acids is 1. The molecule has 1 unspecified atom stereocenters. The number of hydrogen-bond acceptors (Lipinski definition) is 2. The number of hydrogen-bond donors (Lipinski definition) is 2. The summed E-state index contributed by atoms with van der Waals surface area (Å²) in [5, 5.41) is 13.0. The maximum absolute atomic E-state index is 11.2. The molecule has 0 spiro atoms. The van der Waals surface area contributed by atoms with Crippen LogP contribution in [0.25, 0.3) is 0 Å². The number of nitrogens with one attached hydrogen (secondary N) is 1. The van der Waals surface area contributed by atoms with Gasteiger partial charge >= 0.3 is 5.97 Å². The van der Waals surface area contributed by atoms with Gasteiger partial charge in [0.1, 0.15) is 6.04 Å². The second-order valence-electron chi connectivity index (χ2n) is 4.21. The van der Waals surface area contributed by atoms with Gasteiger partial charge in [0.2, 0.25) is 0 Å². The van der Waals surface area contributed by atoms with Gasteiger partial charge in [-0.05, 0) is 43.0 Å². The zero-order valence-electron chi connectivity index (χ0n) is 9.03. The number of aryl methyl sites for hydroxylation is 1. The molecule has 1 atom stereocenters. The van der Waals surface area contributed by atoms with Crippen LogP contribution in [0.2, 0.25) is 5.02 Å². The van der Waals surface area contributed by atoms with Crippen LogP contribution >= 0.6 is 11.6 Å². The van der Waals surface area contributed by atoms with E-state index in [0.717, 1.165) is 24.0 Å². The van der Waals surface area contributed by atoms with Gasteiger partial charge in [0.15, 0.2) is 0 Å². The fourth-order valence-electron chi connectivity index (χ4n) is 1.74. The van der Waals surface area contributed by atoms with Crippen molar-refractivity contribution in [3.05, 3.63) is 34.3 Å². The van der Waals surface area contributed by atoms with E-state index in [2.05, 4.69) is 5.32 Å². The van der Waals surface area contributed by atoms with E-state index in [1.807, 2.05) is 6.92 Å². The highest BCUT2D eigenvalue weighted by molar-refractivity contribution is 6.30. The molecule has 4 heteroatoms. The molecule has 3 nitrogen and oxygen atoms in total. The van der Waals surface area contributed by atoms with Crippen LogP contribution < -0.4 is 5.32 Å². The van der Waals surface area contributed by atoms with Crippen molar-refractivity contribution in [2.24, 2.45) is 0 Å². The molecule has 1 aromatic carbocycles. The smallest absolute Gasteiger partial charge is 0.325 e. The molecular formula is C12H14ClNO2. The summed E-state index contributed by atoms with van der Waals surface area (Å²) in [4.78, 5) is 11.2. The van der Waals surface area contributed by atoms with Crippen LogP contribution in [-0.4, -0.2) is 17.1 Å². The minimum Gasteiger partial charge on any atom is -0.480 e. The molecule has 0 aromatic heterocycles. The van der Waals surface area contributed by atoms with E-state index in [1.165, 1.54) is 0 Å². The van der Waals surface area contributed by atoms with Crippen molar-refractivity contribution in [2.75, 3.05) is 0 Å². The SMILES string of the molecule is Cc1cc(Cl)ccc1C(NC1CC1)C(=O)O. The summed E-state index contributed by atoms with van der Waals surface area (Å²) in [6.45, 7) is 1.88. The molecule has 0 saturated heterocycles. The first-order valence-electron chi connectivity index (χ1n) is 5.33. The van der Waals surface area contributed by atoms with Crippen molar-refractivity contribution >= 4 is 17.6 Å². The maximum Gasteiger partial charge on any atom is 0.325 e. The fraction of sp³-hybridized carbons (Fsp3) is 0.417. The first-order valence-corrected chi connectivity index (χ1v) is 5.70. The van der Waals surface area contributed by atoms with Gasteiger partial charge in [-0.1, -0.05) is 17.7 Å². The number of carboxylic acid groups (broad SMARTS) is 1. The van der Waals surface area contributed by atoms with Crippen LogP contribution in [0.1, 0.15) is 30.0 Å². The lowest BCUT2D eigenvalue weighted by atomic mass is 10.0. The normalized spacial score (nSPS) is 17.1. The van der Waals surface area contributed by atoms with Gasteiger partial charge in [0.05, 0.1) is 0 Å². The molecular weight excluding hydrogens is 226 g/mol. The van der Waals surface area contributed by atoms with Crippen LogP contribution in [0, 0.1) is 6.92 Å². The Morgan fingerprint density at radius 3 is 2.75 bits per heavy atom. The lowest BCUT2D eigenvalue weighted by molar-refractivity contribution is -0.139. The van der Waals surface area contributed by atoms with Crippen LogP contribution in [0.3, 0.4) is 0 Å². The van der Waals surface area contributed by atoms with Gasteiger partial charge < -0.3 is 5.11 Å². The summed E-state index contributed by atoms with van der Waals surface area (Å²) in [7, 11) is 0. The van der Waals surface area contributed by atoms with Gasteiger partial charge in [0.25, 0.3) is 0 Å². The summed E-state index contributed by atoms with van der Waals surface area (Å²) in [5.74, 6) is -0.836. The Kier molecular flexibility index (Phi) is 3.17. The van der Waals surface area contributed by atoms with E-state index < -0.39 is 12.0 Å². The third-order valence-electron chi connectivity index (χ3n) is 2.77. The Morgan fingerprint density at radius 2 is 2.25 bits per heavy atom. The second kappa shape index (κ2) is 4.44. The van der Waals surface area contributed by atoms with Crippen LogP contribution in [-0.2, 0) is 4.79 Å². The third kappa shape index (κ3) is 2.54. The molecule has 0 radical (unpaired) electrons. The van der Waals surface area contributed by atoms with Crippen LogP contribution in [0.4, 0.5) is 0 Å². The lowest BCUT2D eigenvalue weighted by Gasteiger charge is -2.16. The highest BCUT2D eigenvalue weighted by Gasteiger charge is 2.29. The van der Waals surface area contributed by atoms with Crippen LogP contribution in [0.5, 0.6) is 0 Å². The zero-order chi connectivity index (χ0) is 11.7. The molecule has 0 amide bonds. The highest BCUT2D eigenvalue weighted by Crippen LogP contribution is 2.27. The summed E-state index contributed by atoms with van der Waals surface area (Å²) in [6, 6.07) is 5.04. The molecule has 1 aromatic rings. The Morgan fingerprint density at radius 1 is 1.56 bits per heavy atom. The summed E-state index contributed by atoms with van der Waals surface area (Å²) in [6.07, 6.45) is 2.13. The average molecular weight is 240 g/mol. The predicted octanol–water partition coefficient (Wildman–Crippen LogP) is 2.53. The van der Waals surface area contributed by atoms with Gasteiger partial charge in [-0.25, -0.2) is 0 Å².